The first kappa shape index (κ1) is 104. The normalized spacial score (nSPS) is 21.8. The lowest BCUT2D eigenvalue weighted by atomic mass is 9.98. The number of thioether (sulfide) groups is 1. The van der Waals surface area contributed by atoms with Gasteiger partial charge in [0.15, 0.2) is 0 Å². The lowest BCUT2D eigenvalue weighted by molar-refractivity contribution is -0.151. The number of rotatable bonds is 23. The van der Waals surface area contributed by atoms with Crippen LogP contribution in [0.25, 0.3) is 10.9 Å². The number of phenolic OH excluding ortho intramolecular Hbond substituents is 2. The number of carbonyl (C=O) groups excluding carboxylic acids is 15. The van der Waals surface area contributed by atoms with Crippen molar-refractivity contribution in [2.75, 3.05) is 66.4 Å². The van der Waals surface area contributed by atoms with Gasteiger partial charge in [0.1, 0.15) is 78.0 Å². The number of benzene rings is 6. The van der Waals surface area contributed by atoms with Crippen molar-refractivity contribution in [1.29, 1.82) is 0 Å². The number of likely N-dealkylation sites (N-methyl/N-ethyl adjacent to an activating group) is 5. The average molecular weight is 1860 g/mol. The largest absolute Gasteiger partial charge is 0.508 e. The maximum absolute atomic E-state index is 15.6. The minimum absolute atomic E-state index is 0.0658. The van der Waals surface area contributed by atoms with Crippen molar-refractivity contribution >= 4 is 117 Å². The number of carboxylic acid groups (broad SMARTS) is 1. The van der Waals surface area contributed by atoms with Crippen LogP contribution in [-0.2, 0) is 121 Å². The van der Waals surface area contributed by atoms with Crippen LogP contribution in [-0.4, -0.2) is 272 Å². The molecule has 1 unspecified atom stereocenters. The summed E-state index contributed by atoms with van der Waals surface area (Å²) in [7, 11) is 6.16. The number of nitrogens with zero attached hydrogens (tertiary/aromatic N) is 5. The number of aliphatic carboxylic acids is 1. The Labute approximate surface area is 772 Å². The lowest BCUT2D eigenvalue weighted by Crippen LogP contribution is -2.61. The Balaban J connectivity index is 1.23. The number of H-pyrrole nitrogens is 1. The van der Waals surface area contributed by atoms with Gasteiger partial charge in [-0.25, -0.2) is 0 Å². The number of nitrogens with two attached hydrogens (primary N) is 1. The van der Waals surface area contributed by atoms with Crippen molar-refractivity contribution in [3.63, 3.8) is 0 Å². The second-order valence-electron chi connectivity index (χ2n) is 33.8. The molecule has 35 nitrogen and oxygen atoms in total. The van der Waals surface area contributed by atoms with E-state index in [9.17, 15) is 66.8 Å². The Morgan fingerprint density at radius 2 is 0.962 bits per heavy atom. The molecule has 15 N–H and O–H groups in total. The van der Waals surface area contributed by atoms with Gasteiger partial charge in [-0.05, 0) is 94.5 Å². The number of aromatic hydroxyl groups is 2. The van der Waals surface area contributed by atoms with Crippen LogP contribution >= 0.6 is 11.8 Å². The van der Waals surface area contributed by atoms with E-state index < -0.39 is 229 Å². The third kappa shape index (κ3) is 31.4. The van der Waals surface area contributed by atoms with Crippen LogP contribution in [0.2, 0.25) is 0 Å². The van der Waals surface area contributed by atoms with Gasteiger partial charge in [-0.1, -0.05) is 169 Å². The molecule has 39 heteroatoms. The molecule has 6 aromatic carbocycles. The molecule has 7 aromatic rings. The van der Waals surface area contributed by atoms with Crippen molar-refractivity contribution in [1.82, 2.24) is 77.3 Å². The summed E-state index contributed by atoms with van der Waals surface area (Å²) in [6, 6.07) is 20.6. The maximum Gasteiger partial charge on any atom is 0.416 e. The van der Waals surface area contributed by atoms with Gasteiger partial charge in [-0.15, -0.1) is 11.8 Å². The first-order valence-electron chi connectivity index (χ1n) is 43.4. The minimum atomic E-state index is -4.89. The Bertz CT molecular complexity index is 5270. The molecule has 1 fully saturated rings. The highest BCUT2D eigenvalue weighted by Gasteiger charge is 2.43. The van der Waals surface area contributed by atoms with Crippen LogP contribution in [0.4, 0.5) is 13.2 Å². The summed E-state index contributed by atoms with van der Waals surface area (Å²) in [5.74, 6) is -19.2. The predicted molar refractivity (Wildman–Crippen MR) is 487 cm³/mol. The standard InChI is InChI=1S/C94H117F3N16O19S/c1-11-12-30-74-91(130)110(7)51-79(118)102-70(47-81(120)121)87(126)108-82(55(4)5)93(132)112(9)75(44-56-22-15-13-16-23-56)88(127)106-71(42-59-33-37-64(115)38-34-59)89(128)109(6)50-78(117)101-69(46-61-48-99-66-29-20-19-28-65(61)66)86(125)105-68(41-58-31-35-63(114)36-32-58)85(124)104-67(39-54(2)3)84(123)107-73(83(122)100-49-77(98)116)52-133-53-80(119)103-72(43-60-26-21-27-62(40-60)94(95,96)97)90(129)113(10)76(92(131)111(74)8)45-57-24-17-14-18-25-57/h13-29,31-38,40,48,54-55,67-76,82,99,114-115H,11-12,30,39,41-47,49-53H2,1-10H3,(H2,98,116)(H,100,122)(H,101,117)(H,102,118)(H,103,119)(H,104,124)(H,105,125)(H,106,127)(H,107,123)(H,108,126)(H,120,121)/t67-,68-,69-,70-,71-,72-,73-,74-,75?,76-,82-/m0/s1. The molecule has 0 aliphatic carbocycles. The van der Waals surface area contributed by atoms with E-state index in [0.29, 0.717) is 56.9 Å². The number of phenols is 2. The molecule has 1 aromatic heterocycles. The van der Waals surface area contributed by atoms with Gasteiger partial charge in [-0.2, -0.15) is 13.2 Å². The molecule has 0 saturated carbocycles. The molecule has 133 heavy (non-hydrogen) atoms. The first-order chi connectivity index (χ1) is 63.0. The second-order valence-corrected chi connectivity index (χ2v) is 34.8. The number of alkyl halides is 3. The number of hydrogen-bond acceptors (Lipinski definition) is 19. The van der Waals surface area contributed by atoms with Crippen molar-refractivity contribution in [2.24, 2.45) is 17.6 Å². The number of unbranched alkanes of at least 4 members (excludes halogenated alkanes) is 1. The van der Waals surface area contributed by atoms with Gasteiger partial charge in [0.05, 0.1) is 37.4 Å². The summed E-state index contributed by atoms with van der Waals surface area (Å²) in [4.78, 5) is 243. The number of carboxylic acids is 1. The highest BCUT2D eigenvalue weighted by molar-refractivity contribution is 8.00. The summed E-state index contributed by atoms with van der Waals surface area (Å²) in [5.41, 5.74) is 7.00. The Morgan fingerprint density at radius 1 is 0.489 bits per heavy atom. The number of amides is 15. The monoisotopic (exact) mass is 1860 g/mol. The van der Waals surface area contributed by atoms with E-state index in [1.54, 1.807) is 112 Å². The van der Waals surface area contributed by atoms with Crippen LogP contribution in [0.1, 0.15) is 106 Å². The smallest absolute Gasteiger partial charge is 0.416 e. The van der Waals surface area contributed by atoms with Crippen LogP contribution in [0.5, 0.6) is 11.5 Å². The molecule has 2 heterocycles. The van der Waals surface area contributed by atoms with Gasteiger partial charge >= 0.3 is 12.1 Å². The number of halogens is 3. The molecule has 1 saturated heterocycles. The van der Waals surface area contributed by atoms with Crippen LogP contribution in [0.3, 0.4) is 0 Å². The van der Waals surface area contributed by atoms with Crippen molar-refractivity contribution < 1.29 is 105 Å². The zero-order valence-electron chi connectivity index (χ0n) is 75.6. The molecule has 0 spiro atoms. The van der Waals surface area contributed by atoms with E-state index in [1.807, 2.05) is 0 Å². The van der Waals surface area contributed by atoms with E-state index in [0.717, 1.165) is 42.7 Å². The number of carbonyl (C=O) groups is 16. The van der Waals surface area contributed by atoms with Crippen LogP contribution in [0, 0.1) is 11.8 Å². The van der Waals surface area contributed by atoms with Gasteiger partial charge in [0.25, 0.3) is 0 Å². The molecule has 714 valence electrons. The zero-order chi connectivity index (χ0) is 97.7. The third-order valence-corrected chi connectivity index (χ3v) is 23.5. The highest BCUT2D eigenvalue weighted by Crippen LogP contribution is 2.31. The van der Waals surface area contributed by atoms with E-state index in [4.69, 9.17) is 5.73 Å². The first-order valence-corrected chi connectivity index (χ1v) is 44.5. The number of fused-ring (bicyclic) bond motifs is 1. The van der Waals surface area contributed by atoms with E-state index in [2.05, 4.69) is 52.8 Å². The van der Waals surface area contributed by atoms with E-state index in [-0.39, 0.29) is 68.4 Å². The fraction of sp³-hybridized carbons (Fsp3) is 0.426. The number of aromatic amines is 1. The molecular weight excluding hydrogens is 1750 g/mol. The van der Waals surface area contributed by atoms with Crippen molar-refractivity contribution in [2.45, 2.75) is 178 Å². The fourth-order valence-corrected chi connectivity index (χ4v) is 16.1. The summed E-state index contributed by atoms with van der Waals surface area (Å²) < 4.78 is 43.3. The average Bonchev–Trinajstić information content (AvgIpc) is 0.832. The van der Waals surface area contributed by atoms with Crippen molar-refractivity contribution in [3.8, 4) is 11.5 Å². The summed E-state index contributed by atoms with van der Waals surface area (Å²) >= 11 is 0.686. The van der Waals surface area contributed by atoms with Gasteiger partial charge < -0.3 is 98.4 Å². The number of primary amides is 1. The Hall–Kier alpha value is -13.9. The van der Waals surface area contributed by atoms with E-state index >= 15 is 38.4 Å². The van der Waals surface area contributed by atoms with Crippen LogP contribution < -0.4 is 53.6 Å². The number of para-hydroxylation sites is 1. The number of nitrogens with one attached hydrogen (secondary N) is 10. The summed E-state index contributed by atoms with van der Waals surface area (Å²) in [5, 5.41) is 55.0. The quantitative estimate of drug-likeness (QED) is 0.0437. The van der Waals surface area contributed by atoms with Crippen LogP contribution in [0.15, 0.2) is 164 Å². The topological polar surface area (TPSA) is 500 Å². The predicted octanol–water partition coefficient (Wildman–Crippen LogP) is 3.35. The van der Waals surface area contributed by atoms with Crippen molar-refractivity contribution in [3.05, 3.63) is 203 Å². The summed E-state index contributed by atoms with van der Waals surface area (Å²) in [6.07, 6.45) is -5.99. The Morgan fingerprint density at radius 3 is 1.53 bits per heavy atom. The third-order valence-electron chi connectivity index (χ3n) is 22.5. The fourth-order valence-electron chi connectivity index (χ4n) is 15.2. The molecule has 1 aliphatic rings. The Kier molecular flexibility index (Phi) is 38.8. The number of aromatic nitrogens is 1. The number of hydrogen-bond donors (Lipinski definition) is 14. The molecular formula is C94H117F3N16O19S. The summed E-state index contributed by atoms with van der Waals surface area (Å²) in [6.45, 7) is 5.79. The minimum Gasteiger partial charge on any atom is -0.508 e. The van der Waals surface area contributed by atoms with Gasteiger partial charge in [0, 0.05) is 96.6 Å². The second kappa shape index (κ2) is 49.4. The molecule has 0 radical (unpaired) electrons. The van der Waals surface area contributed by atoms with Gasteiger partial charge in [-0.3, -0.25) is 76.7 Å². The zero-order valence-corrected chi connectivity index (χ0v) is 76.5. The highest BCUT2D eigenvalue weighted by atomic mass is 32.2. The lowest BCUT2D eigenvalue weighted by Gasteiger charge is -2.37. The van der Waals surface area contributed by atoms with E-state index in [1.165, 1.54) is 104 Å². The molecule has 11 atom stereocenters. The molecule has 15 amide bonds. The SMILES string of the molecule is CCCC[C@H]1C(=O)N(C)CC(=O)N[C@@H](CC(=O)O)C(=O)N[C@@H](C(C)C)C(=O)N(C)C(Cc2ccccc2)C(=O)N[C@@H](Cc2ccc(O)cc2)C(=O)N(C)CC(=O)N[C@@H](Cc2c[nH]c3ccccc23)C(=O)N[C@@H](Cc2ccc(O)cc2)C(=O)N[C@@H](CC(C)C)C(=O)N[C@H](C(=O)NCC(N)=O)CSCC(=O)N[C@@H](Cc2cccc(C(F)(F)F)c2)C(=O)N(C)[C@@H](Cc2ccccc2)C(=O)N1C. The molecule has 0 bridgehead atoms. The molecule has 8 rings (SSSR count). The van der Waals surface area contributed by atoms with Gasteiger partial charge in [0.2, 0.25) is 88.6 Å². The molecule has 1 aliphatic heterocycles. The maximum atomic E-state index is 15.6.